The minimum Gasteiger partial charge on any atom is -0.352 e. The molecule has 3 aromatic rings. The number of halogens is 2. The third-order valence-corrected chi connectivity index (χ3v) is 6.34. The van der Waals surface area contributed by atoms with Crippen molar-refractivity contribution >= 4 is 27.3 Å². The Hall–Kier alpha value is -2.69. The quantitative estimate of drug-likeness (QED) is 0.567. The van der Waals surface area contributed by atoms with E-state index in [9.17, 15) is 22.0 Å². The normalized spacial score (nSPS) is 11.4. The van der Waals surface area contributed by atoms with Crippen molar-refractivity contribution in [3.05, 3.63) is 71.2 Å². The van der Waals surface area contributed by atoms with Gasteiger partial charge in [-0.1, -0.05) is 18.2 Å². The average molecular weight is 437 g/mol. The molecule has 0 unspecified atom stereocenters. The van der Waals surface area contributed by atoms with Crippen LogP contribution in [0.15, 0.2) is 58.9 Å². The number of nitrogens with one attached hydrogen (secondary N) is 2. The molecule has 0 aliphatic heterocycles. The number of nitrogens with zero attached hydrogens (tertiary/aromatic N) is 1. The summed E-state index contributed by atoms with van der Waals surface area (Å²) in [5, 5.41) is 4.62. The van der Waals surface area contributed by atoms with Crippen molar-refractivity contribution in [2.24, 2.45) is 0 Å². The van der Waals surface area contributed by atoms with Crippen molar-refractivity contribution in [3.63, 3.8) is 0 Å². The highest BCUT2D eigenvalue weighted by atomic mass is 32.2. The van der Waals surface area contributed by atoms with Crippen LogP contribution in [0.5, 0.6) is 0 Å². The number of hydrogen-bond acceptors (Lipinski definition) is 5. The highest BCUT2D eigenvalue weighted by Gasteiger charge is 2.23. The summed E-state index contributed by atoms with van der Waals surface area (Å²) in [7, 11) is -4.41. The largest absolute Gasteiger partial charge is 0.352 e. The van der Waals surface area contributed by atoms with Gasteiger partial charge >= 0.3 is 0 Å². The van der Waals surface area contributed by atoms with Crippen molar-refractivity contribution < 1.29 is 22.0 Å². The van der Waals surface area contributed by atoms with Gasteiger partial charge in [0.15, 0.2) is 4.90 Å². The Labute approximate surface area is 170 Å². The van der Waals surface area contributed by atoms with Crippen LogP contribution in [0.1, 0.15) is 12.0 Å². The van der Waals surface area contributed by atoms with Crippen LogP contribution in [0.2, 0.25) is 0 Å². The Morgan fingerprint density at radius 3 is 2.52 bits per heavy atom. The first-order valence-electron chi connectivity index (χ1n) is 8.56. The molecule has 0 radical (unpaired) electrons. The van der Waals surface area contributed by atoms with Crippen LogP contribution >= 0.6 is 11.3 Å². The van der Waals surface area contributed by atoms with E-state index in [1.807, 2.05) is 28.3 Å². The van der Waals surface area contributed by atoms with E-state index in [-0.39, 0.29) is 19.5 Å². The topological polar surface area (TPSA) is 88.2 Å². The maximum Gasteiger partial charge on any atom is 0.246 e. The first-order chi connectivity index (χ1) is 13.9. The highest BCUT2D eigenvalue weighted by Crippen LogP contribution is 2.25. The monoisotopic (exact) mass is 437 g/mol. The van der Waals surface area contributed by atoms with Gasteiger partial charge in [-0.3, -0.25) is 9.78 Å². The molecular weight excluding hydrogens is 420 g/mol. The molecule has 0 fully saturated rings. The number of aromatic nitrogens is 1. The molecule has 10 heteroatoms. The maximum absolute atomic E-state index is 13.7. The molecule has 2 aromatic heterocycles. The van der Waals surface area contributed by atoms with Crippen molar-refractivity contribution in [1.82, 2.24) is 15.0 Å². The number of carbonyl (C=O) groups excluding carboxylic acids is 1. The van der Waals surface area contributed by atoms with Crippen molar-refractivity contribution in [3.8, 4) is 10.6 Å². The second kappa shape index (κ2) is 9.21. The van der Waals surface area contributed by atoms with Crippen molar-refractivity contribution in [2.75, 3.05) is 6.54 Å². The summed E-state index contributed by atoms with van der Waals surface area (Å²) in [6.07, 6.45) is 1.47. The molecule has 0 bridgehead atoms. The zero-order valence-corrected chi connectivity index (χ0v) is 16.7. The average Bonchev–Trinajstić information content (AvgIpc) is 3.20. The van der Waals surface area contributed by atoms with E-state index in [0.29, 0.717) is 0 Å². The second-order valence-corrected chi connectivity index (χ2v) is 8.62. The Morgan fingerprint density at radius 2 is 1.83 bits per heavy atom. The van der Waals surface area contributed by atoms with Crippen LogP contribution in [-0.2, 0) is 21.4 Å². The lowest BCUT2D eigenvalue weighted by atomic mass is 10.1. The van der Waals surface area contributed by atoms with E-state index in [4.69, 9.17) is 0 Å². The van der Waals surface area contributed by atoms with Gasteiger partial charge in [0.1, 0.15) is 11.6 Å². The smallest absolute Gasteiger partial charge is 0.246 e. The third kappa shape index (κ3) is 5.22. The van der Waals surface area contributed by atoms with Crippen LogP contribution in [0.4, 0.5) is 8.78 Å². The van der Waals surface area contributed by atoms with Gasteiger partial charge in [-0.25, -0.2) is 21.9 Å². The van der Waals surface area contributed by atoms with E-state index < -0.39 is 32.5 Å². The number of thiophene rings is 1. The van der Waals surface area contributed by atoms with Gasteiger partial charge in [0.05, 0.1) is 10.6 Å². The van der Waals surface area contributed by atoms with Crippen LogP contribution in [0.25, 0.3) is 10.6 Å². The van der Waals surface area contributed by atoms with E-state index in [1.165, 1.54) is 11.3 Å². The van der Waals surface area contributed by atoms with Gasteiger partial charge in [-0.15, -0.1) is 11.3 Å². The third-order valence-electron chi connectivity index (χ3n) is 3.95. The number of hydrogen-bond donors (Lipinski definition) is 2. The molecule has 6 nitrogen and oxygen atoms in total. The minimum absolute atomic E-state index is 0.191. The van der Waals surface area contributed by atoms with Gasteiger partial charge in [0.2, 0.25) is 15.9 Å². The predicted molar refractivity (Wildman–Crippen MR) is 106 cm³/mol. The Balaban J connectivity index is 1.55. The molecule has 29 heavy (non-hydrogen) atoms. The molecule has 0 saturated heterocycles. The van der Waals surface area contributed by atoms with Gasteiger partial charge in [0.25, 0.3) is 0 Å². The molecule has 0 atom stereocenters. The molecule has 0 spiro atoms. The lowest BCUT2D eigenvalue weighted by molar-refractivity contribution is -0.121. The first kappa shape index (κ1) is 21.0. The number of amides is 1. The predicted octanol–water partition coefficient (Wildman–Crippen LogP) is 3.07. The molecule has 2 N–H and O–H groups in total. The first-order valence-corrected chi connectivity index (χ1v) is 10.9. The van der Waals surface area contributed by atoms with E-state index in [2.05, 4.69) is 10.3 Å². The van der Waals surface area contributed by atoms with Crippen LogP contribution in [0, 0.1) is 11.6 Å². The highest BCUT2D eigenvalue weighted by molar-refractivity contribution is 7.89. The Bertz CT molecular complexity index is 1080. The van der Waals surface area contributed by atoms with Crippen LogP contribution < -0.4 is 10.0 Å². The number of sulfonamides is 1. The molecule has 2 heterocycles. The fourth-order valence-corrected chi connectivity index (χ4v) is 4.53. The van der Waals surface area contributed by atoms with E-state index >= 15 is 0 Å². The molecule has 3 rings (SSSR count). The zero-order chi connectivity index (χ0) is 20.9. The van der Waals surface area contributed by atoms with Gasteiger partial charge in [0, 0.05) is 25.7 Å². The second-order valence-electron chi connectivity index (χ2n) is 5.96. The Morgan fingerprint density at radius 1 is 1.07 bits per heavy atom. The number of carbonyl (C=O) groups is 1. The zero-order valence-electron chi connectivity index (χ0n) is 15.1. The molecule has 0 saturated carbocycles. The number of pyridine rings is 1. The van der Waals surface area contributed by atoms with E-state index in [0.717, 1.165) is 34.3 Å². The van der Waals surface area contributed by atoms with Crippen molar-refractivity contribution in [2.45, 2.75) is 17.9 Å². The minimum atomic E-state index is -4.41. The summed E-state index contributed by atoms with van der Waals surface area (Å²) >= 11 is 1.53. The fraction of sp³-hybridized carbons (Fsp3) is 0.158. The van der Waals surface area contributed by atoms with Crippen LogP contribution in [0.3, 0.4) is 0 Å². The molecule has 0 aliphatic carbocycles. The summed E-state index contributed by atoms with van der Waals surface area (Å²) in [5.74, 6) is -2.80. The Kier molecular flexibility index (Phi) is 6.68. The molecule has 0 aliphatic rings. The van der Waals surface area contributed by atoms with Gasteiger partial charge in [-0.2, -0.15) is 0 Å². The standard InChI is InChI=1S/C19H17F2N3O3S2/c20-14-5-1-6-15(21)19(14)29(26,27)24-10-8-17(25)23-12-13-4-2-9-22-18(13)16-7-3-11-28-16/h1-7,9,11,24H,8,10,12H2,(H,23,25). The molecule has 1 aromatic carbocycles. The molecule has 152 valence electrons. The lowest BCUT2D eigenvalue weighted by Gasteiger charge is -2.10. The summed E-state index contributed by atoms with van der Waals surface area (Å²) in [6.45, 7) is -0.0820. The van der Waals surface area contributed by atoms with E-state index in [1.54, 1.807) is 12.3 Å². The molecular formula is C19H17F2N3O3S2. The van der Waals surface area contributed by atoms with Gasteiger partial charge < -0.3 is 5.32 Å². The fourth-order valence-electron chi connectivity index (χ4n) is 2.61. The SMILES string of the molecule is O=C(CCNS(=O)(=O)c1c(F)cccc1F)NCc1cccnc1-c1cccs1. The summed E-state index contributed by atoms with van der Waals surface area (Å²) in [5.41, 5.74) is 1.58. The maximum atomic E-state index is 13.7. The summed E-state index contributed by atoms with van der Waals surface area (Å²) in [4.78, 5) is 16.3. The summed E-state index contributed by atoms with van der Waals surface area (Å²) < 4.78 is 53.5. The molecule has 1 amide bonds. The van der Waals surface area contributed by atoms with Crippen LogP contribution in [-0.4, -0.2) is 25.9 Å². The lowest BCUT2D eigenvalue weighted by Crippen LogP contribution is -2.31. The number of rotatable bonds is 8. The van der Waals surface area contributed by atoms with Gasteiger partial charge in [-0.05, 0) is 35.2 Å². The number of benzene rings is 1. The van der Waals surface area contributed by atoms with Crippen molar-refractivity contribution in [1.29, 1.82) is 0 Å². The summed E-state index contributed by atoms with van der Waals surface area (Å²) in [6, 6.07) is 10.2.